The molecule has 5 unspecified atom stereocenters. The lowest BCUT2D eigenvalue weighted by atomic mass is 9.69. The van der Waals surface area contributed by atoms with E-state index in [1.165, 1.54) is 34.8 Å². The van der Waals surface area contributed by atoms with Crippen LogP contribution in [0.5, 0.6) is 0 Å². The van der Waals surface area contributed by atoms with Crippen molar-refractivity contribution in [2.75, 3.05) is 0 Å². The fraction of sp³-hybridized carbons (Fsp3) is 0.600. The lowest BCUT2D eigenvalue weighted by molar-refractivity contribution is -0.155. The summed E-state index contributed by atoms with van der Waals surface area (Å²) < 4.78 is 5.61. The van der Waals surface area contributed by atoms with Gasteiger partial charge in [-0.25, -0.2) is 0 Å². The van der Waals surface area contributed by atoms with Crippen molar-refractivity contribution in [3.8, 4) is 0 Å². The highest BCUT2D eigenvalue weighted by molar-refractivity contribution is 6.00. The summed E-state index contributed by atoms with van der Waals surface area (Å²) in [6.07, 6.45) is 13.1. The van der Waals surface area contributed by atoms with E-state index in [0.717, 1.165) is 63.4 Å². The molecule has 4 rings (SSSR count). The molecular weight excluding hydrogens is 558 g/mol. The van der Waals surface area contributed by atoms with Gasteiger partial charge in [0, 0.05) is 19.3 Å². The summed E-state index contributed by atoms with van der Waals surface area (Å²) in [5.41, 5.74) is 6.63. The number of aryl methyl sites for hydroxylation is 1. The van der Waals surface area contributed by atoms with Crippen LogP contribution in [0.1, 0.15) is 124 Å². The van der Waals surface area contributed by atoms with Crippen LogP contribution in [-0.4, -0.2) is 23.4 Å². The number of hydrogen-bond donors (Lipinski definition) is 1. The van der Waals surface area contributed by atoms with Crippen molar-refractivity contribution in [3.05, 3.63) is 76.8 Å². The second-order valence-electron chi connectivity index (χ2n) is 15.5. The summed E-state index contributed by atoms with van der Waals surface area (Å²) in [6, 6.07) is 8.80. The zero-order valence-electron chi connectivity index (χ0n) is 29.1. The second kappa shape index (κ2) is 13.7. The van der Waals surface area contributed by atoms with Crippen LogP contribution in [0.4, 0.5) is 0 Å². The zero-order chi connectivity index (χ0) is 33.2. The third-order valence-corrected chi connectivity index (χ3v) is 10.7. The van der Waals surface area contributed by atoms with Crippen molar-refractivity contribution in [2.45, 2.75) is 125 Å². The number of esters is 1. The van der Waals surface area contributed by atoms with Crippen LogP contribution >= 0.6 is 0 Å². The molecule has 0 radical (unpaired) electrons. The predicted molar refractivity (Wildman–Crippen MR) is 182 cm³/mol. The topological polar surface area (TPSA) is 72.5 Å². The summed E-state index contributed by atoms with van der Waals surface area (Å²) >= 11 is 0. The molecule has 3 aliphatic rings. The molecule has 0 spiro atoms. The highest BCUT2D eigenvalue weighted by Gasteiger charge is 2.64. The summed E-state index contributed by atoms with van der Waals surface area (Å²) in [7, 11) is 0. The molecule has 1 aromatic rings. The number of ether oxygens (including phenoxy) is 1. The van der Waals surface area contributed by atoms with E-state index in [2.05, 4.69) is 76.4 Å². The number of carbonyl (C=O) groups excluding carboxylic acids is 3. The number of imide groups is 1. The van der Waals surface area contributed by atoms with E-state index in [4.69, 9.17) is 4.74 Å². The van der Waals surface area contributed by atoms with E-state index in [-0.39, 0.29) is 35.0 Å². The van der Waals surface area contributed by atoms with Crippen molar-refractivity contribution in [1.29, 1.82) is 0 Å². The molecule has 0 bridgehead atoms. The molecule has 5 heteroatoms. The molecular formula is C40H56NO4-. The number of rotatable bonds is 12. The van der Waals surface area contributed by atoms with Crippen LogP contribution < -0.4 is 5.32 Å². The van der Waals surface area contributed by atoms with E-state index < -0.39 is 11.0 Å². The van der Waals surface area contributed by atoms with Gasteiger partial charge in [-0.05, 0) is 108 Å². The average molecular weight is 615 g/mol. The van der Waals surface area contributed by atoms with Gasteiger partial charge in [0.25, 0.3) is 0 Å². The Balaban J connectivity index is 1.58. The number of benzene rings is 1. The Morgan fingerprint density at radius 2 is 1.76 bits per heavy atom. The predicted octanol–water partition coefficient (Wildman–Crippen LogP) is 9.02. The maximum Gasteiger partial charge on any atom is 0.306 e. The molecule has 1 saturated carbocycles. The largest absolute Gasteiger partial charge is 0.460 e. The summed E-state index contributed by atoms with van der Waals surface area (Å²) in [4.78, 5) is 38.1. The summed E-state index contributed by atoms with van der Waals surface area (Å²) in [5, 5.41) is 2.63. The zero-order valence-corrected chi connectivity index (χ0v) is 29.1. The van der Waals surface area contributed by atoms with E-state index >= 15 is 0 Å². The standard InChI is InChI=1S/C40H56NO4/c1-10-30-13-15-31(16-14-30)17-20-39(9,19-11-12-36(43)45-38(6,7)8)21-18-34-28(4)40(37(44)41-29(5)42)25-33(40)24-32-22-26(2)27(3)23-35(32)34/h10,13-16,22,27,33-34H,4,11-12,17-21,23-25H2,1-3,5-9H3,(H,41,42,44)/q-1. The Labute approximate surface area is 272 Å². The van der Waals surface area contributed by atoms with Gasteiger partial charge in [0.15, 0.2) is 0 Å². The maximum atomic E-state index is 13.6. The molecule has 1 N–H and O–H groups in total. The lowest BCUT2D eigenvalue weighted by Gasteiger charge is -2.36. The molecule has 0 saturated heterocycles. The first-order valence-electron chi connectivity index (χ1n) is 17.1. The van der Waals surface area contributed by atoms with Crippen LogP contribution in [0.2, 0.25) is 0 Å². The van der Waals surface area contributed by atoms with Crippen LogP contribution in [0.15, 0.2) is 59.2 Å². The smallest absolute Gasteiger partial charge is 0.306 e. The number of allylic oxidation sites excluding steroid dienone is 4. The minimum absolute atomic E-state index is 0.00529. The SMILES string of the molecule is C=C1C(CCC(C)(CCCC(=O)OC(C)(C)C)CCc2ccc([CH-]C)cc2)C2=C(C=C(C)C(C)C2)CC2CC12C(=O)NC(C)=O. The molecule has 0 heterocycles. The van der Waals surface area contributed by atoms with Crippen LogP contribution in [-0.2, 0) is 25.5 Å². The average Bonchev–Trinajstić information content (AvgIpc) is 3.69. The Kier molecular flexibility index (Phi) is 10.6. The van der Waals surface area contributed by atoms with Gasteiger partial charge in [-0.15, -0.1) is 12.1 Å². The second-order valence-corrected chi connectivity index (χ2v) is 15.5. The molecule has 2 amide bonds. The Bertz CT molecular complexity index is 1360. The Morgan fingerprint density at radius 1 is 1.07 bits per heavy atom. The first kappa shape index (κ1) is 34.8. The van der Waals surface area contributed by atoms with Crippen molar-refractivity contribution in [1.82, 2.24) is 5.32 Å². The highest BCUT2D eigenvalue weighted by atomic mass is 16.6. The van der Waals surface area contributed by atoms with Crippen LogP contribution in [0.25, 0.3) is 0 Å². The number of hydrogen-bond acceptors (Lipinski definition) is 4. The van der Waals surface area contributed by atoms with E-state index in [0.29, 0.717) is 12.3 Å². The first-order valence-corrected chi connectivity index (χ1v) is 17.1. The fourth-order valence-corrected chi connectivity index (χ4v) is 7.73. The number of amides is 2. The van der Waals surface area contributed by atoms with Gasteiger partial charge in [-0.1, -0.05) is 55.7 Å². The van der Waals surface area contributed by atoms with Crippen molar-refractivity contribution >= 4 is 17.8 Å². The third-order valence-electron chi connectivity index (χ3n) is 10.7. The van der Waals surface area contributed by atoms with Crippen LogP contribution in [0.3, 0.4) is 0 Å². The van der Waals surface area contributed by atoms with Gasteiger partial charge in [0.1, 0.15) is 5.60 Å². The molecule has 1 fully saturated rings. The molecule has 1 aromatic carbocycles. The summed E-state index contributed by atoms with van der Waals surface area (Å²) in [6.45, 7) is 20.7. The third kappa shape index (κ3) is 8.40. The summed E-state index contributed by atoms with van der Waals surface area (Å²) in [5.74, 6) is 0.135. The van der Waals surface area contributed by atoms with Gasteiger partial charge in [0.05, 0.1) is 5.41 Å². The minimum Gasteiger partial charge on any atom is -0.460 e. The van der Waals surface area contributed by atoms with E-state index in [1.807, 2.05) is 20.8 Å². The quantitative estimate of drug-likeness (QED) is 0.145. The van der Waals surface area contributed by atoms with Gasteiger partial charge in [-0.2, -0.15) is 24.1 Å². The van der Waals surface area contributed by atoms with Gasteiger partial charge in [-0.3, -0.25) is 19.7 Å². The molecule has 5 nitrogen and oxygen atoms in total. The molecule has 0 aliphatic heterocycles. The lowest BCUT2D eigenvalue weighted by Crippen LogP contribution is -2.38. The number of carbonyl (C=O) groups is 3. The van der Waals surface area contributed by atoms with Gasteiger partial charge in [0.2, 0.25) is 11.8 Å². The first-order chi connectivity index (χ1) is 21.1. The number of fused-ring (bicyclic) bond motifs is 1. The van der Waals surface area contributed by atoms with Crippen molar-refractivity contribution in [2.24, 2.45) is 28.6 Å². The molecule has 0 aromatic heterocycles. The Morgan fingerprint density at radius 3 is 2.38 bits per heavy atom. The minimum atomic E-state index is -0.663. The number of nitrogens with one attached hydrogen (secondary N) is 1. The molecule has 246 valence electrons. The van der Waals surface area contributed by atoms with E-state index in [9.17, 15) is 14.4 Å². The van der Waals surface area contributed by atoms with Gasteiger partial charge < -0.3 is 4.74 Å². The van der Waals surface area contributed by atoms with Crippen molar-refractivity contribution < 1.29 is 19.1 Å². The molecule has 5 atom stereocenters. The van der Waals surface area contributed by atoms with Crippen molar-refractivity contribution in [3.63, 3.8) is 0 Å². The normalized spacial score (nSPS) is 25.6. The molecule has 45 heavy (non-hydrogen) atoms. The Hall–Kier alpha value is -3.08. The fourth-order valence-electron chi connectivity index (χ4n) is 7.73. The van der Waals surface area contributed by atoms with E-state index in [1.54, 1.807) is 0 Å². The monoisotopic (exact) mass is 614 g/mol. The maximum absolute atomic E-state index is 13.6. The van der Waals surface area contributed by atoms with Gasteiger partial charge >= 0.3 is 5.97 Å². The van der Waals surface area contributed by atoms with Crippen LogP contribution in [0, 0.1) is 35.0 Å². The highest BCUT2D eigenvalue weighted by Crippen LogP contribution is 2.66. The molecule has 3 aliphatic carbocycles.